The molecule has 3 nitrogen and oxygen atoms in total. The van der Waals surface area contributed by atoms with Gasteiger partial charge >= 0.3 is 0 Å². The van der Waals surface area contributed by atoms with E-state index in [-0.39, 0.29) is 18.3 Å². The van der Waals surface area contributed by atoms with E-state index in [4.69, 9.17) is 0 Å². The van der Waals surface area contributed by atoms with E-state index in [9.17, 15) is 4.79 Å². The molecule has 0 aliphatic carbocycles. The zero-order chi connectivity index (χ0) is 10.9. The van der Waals surface area contributed by atoms with Gasteiger partial charge in [0, 0.05) is 19.6 Å². The van der Waals surface area contributed by atoms with Crippen LogP contribution in [0.15, 0.2) is 0 Å². The Morgan fingerprint density at radius 2 is 2.19 bits per heavy atom. The van der Waals surface area contributed by atoms with E-state index in [0.29, 0.717) is 11.3 Å². The largest absolute Gasteiger partial charge is 0.342 e. The molecule has 1 atom stereocenters. The summed E-state index contributed by atoms with van der Waals surface area (Å²) in [6.45, 7) is 8.37. The van der Waals surface area contributed by atoms with Gasteiger partial charge in [-0.25, -0.2) is 0 Å². The summed E-state index contributed by atoms with van der Waals surface area (Å²) in [6.07, 6.45) is 3.37. The average Bonchev–Trinajstić information content (AvgIpc) is 2.59. The minimum atomic E-state index is 0. The molecule has 1 N–H and O–H groups in total. The number of rotatable bonds is 1. The molecule has 2 aliphatic rings. The van der Waals surface area contributed by atoms with Crippen molar-refractivity contribution in [2.24, 2.45) is 11.3 Å². The first-order valence-corrected chi connectivity index (χ1v) is 6.08. The molecule has 0 radical (unpaired) electrons. The van der Waals surface area contributed by atoms with Crippen molar-refractivity contribution >= 4 is 18.3 Å². The van der Waals surface area contributed by atoms with Crippen LogP contribution < -0.4 is 5.32 Å². The predicted octanol–water partition coefficient (Wildman–Crippen LogP) is 1.67. The van der Waals surface area contributed by atoms with Gasteiger partial charge in [0.25, 0.3) is 0 Å². The average molecular weight is 247 g/mol. The fourth-order valence-corrected chi connectivity index (χ4v) is 2.62. The molecule has 1 amide bonds. The van der Waals surface area contributed by atoms with Gasteiger partial charge in [-0.15, -0.1) is 12.4 Å². The Bertz CT molecular complexity index is 249. The van der Waals surface area contributed by atoms with Crippen LogP contribution in [0, 0.1) is 11.3 Å². The maximum absolute atomic E-state index is 12.2. The second-order valence-electron chi connectivity index (χ2n) is 5.72. The van der Waals surface area contributed by atoms with Crippen LogP contribution in [0.4, 0.5) is 0 Å². The number of nitrogens with zero attached hydrogens (tertiary/aromatic N) is 1. The molecule has 2 saturated heterocycles. The third-order valence-corrected chi connectivity index (χ3v) is 3.64. The van der Waals surface area contributed by atoms with Crippen molar-refractivity contribution in [2.45, 2.75) is 33.1 Å². The first-order chi connectivity index (χ1) is 7.08. The molecule has 2 heterocycles. The molecule has 94 valence electrons. The summed E-state index contributed by atoms with van der Waals surface area (Å²) in [5.74, 6) is 0.625. The number of hydrogen-bond donors (Lipinski definition) is 1. The number of halogens is 1. The van der Waals surface area contributed by atoms with Gasteiger partial charge in [-0.1, -0.05) is 13.8 Å². The van der Waals surface area contributed by atoms with E-state index in [0.717, 1.165) is 45.4 Å². The highest BCUT2D eigenvalue weighted by Crippen LogP contribution is 2.30. The van der Waals surface area contributed by atoms with Crippen molar-refractivity contribution in [3.63, 3.8) is 0 Å². The van der Waals surface area contributed by atoms with Crippen LogP contribution in [0.5, 0.6) is 0 Å². The molecule has 0 spiro atoms. The highest BCUT2D eigenvalue weighted by atomic mass is 35.5. The lowest BCUT2D eigenvalue weighted by Gasteiger charge is -2.27. The van der Waals surface area contributed by atoms with Gasteiger partial charge in [0.05, 0.1) is 5.92 Å². The lowest BCUT2D eigenvalue weighted by Crippen LogP contribution is -2.42. The highest BCUT2D eigenvalue weighted by Gasteiger charge is 2.35. The molecule has 16 heavy (non-hydrogen) atoms. The van der Waals surface area contributed by atoms with Gasteiger partial charge in [-0.3, -0.25) is 4.79 Å². The van der Waals surface area contributed by atoms with Crippen molar-refractivity contribution in [1.29, 1.82) is 0 Å². The van der Waals surface area contributed by atoms with Gasteiger partial charge in [-0.05, 0) is 31.2 Å². The number of likely N-dealkylation sites (tertiary alicyclic amines) is 1. The Labute approximate surface area is 104 Å². The minimum Gasteiger partial charge on any atom is -0.342 e. The molecular weight excluding hydrogens is 224 g/mol. The van der Waals surface area contributed by atoms with Crippen LogP contribution in [-0.2, 0) is 4.79 Å². The molecule has 4 heteroatoms. The lowest BCUT2D eigenvalue weighted by molar-refractivity contribution is -0.135. The highest BCUT2D eigenvalue weighted by molar-refractivity contribution is 5.85. The maximum atomic E-state index is 12.2. The molecule has 0 bridgehead atoms. The summed E-state index contributed by atoms with van der Waals surface area (Å²) in [5.41, 5.74) is 0.331. The molecule has 2 fully saturated rings. The monoisotopic (exact) mass is 246 g/mol. The van der Waals surface area contributed by atoms with E-state index < -0.39 is 0 Å². The van der Waals surface area contributed by atoms with Gasteiger partial charge in [0.15, 0.2) is 0 Å². The zero-order valence-electron chi connectivity index (χ0n) is 10.3. The molecule has 2 aliphatic heterocycles. The third kappa shape index (κ3) is 3.11. The van der Waals surface area contributed by atoms with Gasteiger partial charge in [-0.2, -0.15) is 0 Å². The molecule has 0 aromatic rings. The standard InChI is InChI=1S/C12H22N2O.ClH/c1-12(2)5-7-14(9-12)11(15)10-4-3-6-13-8-10;/h10,13H,3-9H2,1-2H3;1H. The summed E-state index contributed by atoms with van der Waals surface area (Å²) in [4.78, 5) is 14.2. The molecule has 0 aromatic carbocycles. The smallest absolute Gasteiger partial charge is 0.226 e. The van der Waals surface area contributed by atoms with Gasteiger partial charge in [0.2, 0.25) is 5.91 Å². The van der Waals surface area contributed by atoms with E-state index >= 15 is 0 Å². The number of hydrogen-bond acceptors (Lipinski definition) is 2. The number of carbonyl (C=O) groups is 1. The number of piperidine rings is 1. The first kappa shape index (κ1) is 13.8. The Morgan fingerprint density at radius 3 is 2.69 bits per heavy atom. The Balaban J connectivity index is 0.00000128. The normalized spacial score (nSPS) is 28.6. The molecule has 2 rings (SSSR count). The van der Waals surface area contributed by atoms with Crippen molar-refractivity contribution in [1.82, 2.24) is 10.2 Å². The molecule has 1 unspecified atom stereocenters. The molecule has 0 saturated carbocycles. The fraction of sp³-hybridized carbons (Fsp3) is 0.917. The summed E-state index contributed by atoms with van der Waals surface area (Å²) in [6, 6.07) is 0. The molecule has 0 aromatic heterocycles. The quantitative estimate of drug-likeness (QED) is 0.764. The SMILES string of the molecule is CC1(C)CCN(C(=O)C2CCCNC2)C1.Cl. The number of carbonyl (C=O) groups excluding carboxylic acids is 1. The number of nitrogens with one attached hydrogen (secondary N) is 1. The summed E-state index contributed by atoms with van der Waals surface area (Å²) >= 11 is 0. The molecular formula is C12H23ClN2O. The predicted molar refractivity (Wildman–Crippen MR) is 67.8 cm³/mol. The van der Waals surface area contributed by atoms with Crippen molar-refractivity contribution in [3.8, 4) is 0 Å². The van der Waals surface area contributed by atoms with Crippen LogP contribution in [0.3, 0.4) is 0 Å². The van der Waals surface area contributed by atoms with E-state index in [1.54, 1.807) is 0 Å². The fourth-order valence-electron chi connectivity index (χ4n) is 2.62. The Morgan fingerprint density at radius 1 is 1.44 bits per heavy atom. The van der Waals surface area contributed by atoms with Gasteiger partial charge < -0.3 is 10.2 Å². The van der Waals surface area contributed by atoms with Crippen LogP contribution in [-0.4, -0.2) is 37.0 Å². The Kier molecular flexibility index (Phi) is 4.62. The van der Waals surface area contributed by atoms with Crippen molar-refractivity contribution in [2.75, 3.05) is 26.2 Å². The van der Waals surface area contributed by atoms with E-state index in [1.807, 2.05) is 0 Å². The van der Waals surface area contributed by atoms with Crippen LogP contribution >= 0.6 is 12.4 Å². The second-order valence-corrected chi connectivity index (χ2v) is 5.72. The van der Waals surface area contributed by atoms with Crippen LogP contribution in [0.25, 0.3) is 0 Å². The Hall–Kier alpha value is -0.280. The summed E-state index contributed by atoms with van der Waals surface area (Å²) < 4.78 is 0. The first-order valence-electron chi connectivity index (χ1n) is 6.08. The van der Waals surface area contributed by atoms with Crippen LogP contribution in [0.2, 0.25) is 0 Å². The van der Waals surface area contributed by atoms with Crippen molar-refractivity contribution in [3.05, 3.63) is 0 Å². The topological polar surface area (TPSA) is 32.3 Å². The minimum absolute atomic E-state index is 0. The van der Waals surface area contributed by atoms with Crippen molar-refractivity contribution < 1.29 is 4.79 Å². The van der Waals surface area contributed by atoms with Crippen LogP contribution in [0.1, 0.15) is 33.1 Å². The third-order valence-electron chi connectivity index (χ3n) is 3.64. The lowest BCUT2D eigenvalue weighted by atomic mass is 9.93. The van der Waals surface area contributed by atoms with Gasteiger partial charge in [0.1, 0.15) is 0 Å². The van der Waals surface area contributed by atoms with E-state index in [2.05, 4.69) is 24.1 Å². The zero-order valence-corrected chi connectivity index (χ0v) is 11.1. The summed E-state index contributed by atoms with van der Waals surface area (Å²) in [5, 5.41) is 3.31. The number of amides is 1. The summed E-state index contributed by atoms with van der Waals surface area (Å²) in [7, 11) is 0. The van der Waals surface area contributed by atoms with E-state index in [1.165, 1.54) is 0 Å². The maximum Gasteiger partial charge on any atom is 0.226 e. The second kappa shape index (κ2) is 5.37.